The third-order valence-corrected chi connectivity index (χ3v) is 3.83. The Labute approximate surface area is 112 Å². The number of amides is 1. The first-order chi connectivity index (χ1) is 8.74. The first-order valence-corrected chi connectivity index (χ1v) is 7.24. The minimum absolute atomic E-state index is 0.109. The van der Waals surface area contributed by atoms with Crippen LogP contribution in [0.2, 0.25) is 0 Å². The number of rotatable bonds is 5. The molecule has 1 saturated heterocycles. The van der Waals surface area contributed by atoms with Crippen LogP contribution in [0, 0.1) is 0 Å². The lowest BCUT2D eigenvalue weighted by Gasteiger charge is -2.29. The van der Waals surface area contributed by atoms with Gasteiger partial charge in [0.1, 0.15) is 0 Å². The van der Waals surface area contributed by atoms with Crippen molar-refractivity contribution in [3.05, 3.63) is 22.4 Å². The Morgan fingerprint density at radius 3 is 3.00 bits per heavy atom. The third kappa shape index (κ3) is 4.40. The highest BCUT2D eigenvalue weighted by molar-refractivity contribution is 7.10. The molecule has 1 atom stereocenters. The molecule has 1 aromatic heterocycles. The predicted octanol–water partition coefficient (Wildman–Crippen LogP) is 1.13. The van der Waals surface area contributed by atoms with Gasteiger partial charge < -0.3 is 10.1 Å². The largest absolute Gasteiger partial charge is 0.379 e. The van der Waals surface area contributed by atoms with Crippen LogP contribution < -0.4 is 5.32 Å². The van der Waals surface area contributed by atoms with E-state index in [-0.39, 0.29) is 11.9 Å². The molecule has 0 spiro atoms. The zero-order valence-corrected chi connectivity index (χ0v) is 11.5. The molecular weight excluding hydrogens is 248 g/mol. The zero-order chi connectivity index (χ0) is 12.8. The highest BCUT2D eigenvalue weighted by atomic mass is 32.1. The maximum atomic E-state index is 11.8. The summed E-state index contributed by atoms with van der Waals surface area (Å²) in [6, 6.07) is 4.16. The molecule has 0 bridgehead atoms. The predicted molar refractivity (Wildman–Crippen MR) is 72.9 cm³/mol. The van der Waals surface area contributed by atoms with E-state index < -0.39 is 0 Å². The van der Waals surface area contributed by atoms with Gasteiger partial charge in [0.15, 0.2) is 0 Å². The lowest BCUT2D eigenvalue weighted by Crippen LogP contribution is -2.46. The second-order valence-electron chi connectivity index (χ2n) is 4.64. The van der Waals surface area contributed by atoms with E-state index >= 15 is 0 Å². The van der Waals surface area contributed by atoms with Crippen LogP contribution >= 0.6 is 11.3 Å². The van der Waals surface area contributed by atoms with Gasteiger partial charge in [-0.15, -0.1) is 11.3 Å². The van der Waals surface area contributed by atoms with Crippen LogP contribution in [0.3, 0.4) is 0 Å². The molecule has 100 valence electrons. The molecule has 1 N–H and O–H groups in total. The Hall–Kier alpha value is -0.910. The highest BCUT2D eigenvalue weighted by Crippen LogP contribution is 2.09. The number of morpholine rings is 1. The Balaban J connectivity index is 1.69. The van der Waals surface area contributed by atoms with Gasteiger partial charge in [0.25, 0.3) is 0 Å². The number of ether oxygens (including phenoxy) is 1. The normalized spacial score (nSPS) is 18.5. The lowest BCUT2D eigenvalue weighted by molar-refractivity contribution is -0.121. The molecule has 1 amide bonds. The van der Waals surface area contributed by atoms with Crippen LogP contribution in [-0.2, 0) is 16.0 Å². The average Bonchev–Trinajstić information content (AvgIpc) is 2.82. The molecule has 0 saturated carbocycles. The highest BCUT2D eigenvalue weighted by Gasteiger charge is 2.15. The van der Waals surface area contributed by atoms with Gasteiger partial charge in [-0.25, -0.2) is 0 Å². The van der Waals surface area contributed by atoms with E-state index in [1.54, 1.807) is 11.3 Å². The van der Waals surface area contributed by atoms with Crippen molar-refractivity contribution in [1.82, 2.24) is 10.2 Å². The van der Waals surface area contributed by atoms with Crippen molar-refractivity contribution in [2.75, 3.05) is 32.8 Å². The molecule has 0 unspecified atom stereocenters. The summed E-state index contributed by atoms with van der Waals surface area (Å²) in [6.07, 6.45) is 0.491. The first kappa shape index (κ1) is 13.5. The van der Waals surface area contributed by atoms with Gasteiger partial charge in [-0.05, 0) is 18.4 Å². The van der Waals surface area contributed by atoms with E-state index in [2.05, 4.69) is 17.1 Å². The van der Waals surface area contributed by atoms with E-state index in [9.17, 15) is 4.79 Å². The summed E-state index contributed by atoms with van der Waals surface area (Å²) in [4.78, 5) is 15.3. The molecular formula is C13H20N2O2S. The second-order valence-corrected chi connectivity index (χ2v) is 5.67. The summed E-state index contributed by atoms with van der Waals surface area (Å²) in [6.45, 7) is 6.49. The smallest absolute Gasteiger partial charge is 0.225 e. The van der Waals surface area contributed by atoms with Crippen LogP contribution in [0.4, 0.5) is 0 Å². The number of carbonyl (C=O) groups is 1. The minimum Gasteiger partial charge on any atom is -0.379 e. The fourth-order valence-electron chi connectivity index (χ4n) is 2.11. The van der Waals surface area contributed by atoms with Crippen LogP contribution in [0.15, 0.2) is 17.5 Å². The second kappa shape index (κ2) is 6.87. The average molecular weight is 268 g/mol. The summed E-state index contributed by atoms with van der Waals surface area (Å²) in [5.41, 5.74) is 0. The van der Waals surface area contributed by atoms with Crippen molar-refractivity contribution >= 4 is 17.2 Å². The van der Waals surface area contributed by atoms with Gasteiger partial charge in [-0.2, -0.15) is 0 Å². The van der Waals surface area contributed by atoms with Gasteiger partial charge in [0, 0.05) is 30.6 Å². The van der Waals surface area contributed by atoms with Crippen molar-refractivity contribution in [2.24, 2.45) is 0 Å². The quantitative estimate of drug-likeness (QED) is 0.870. The lowest BCUT2D eigenvalue weighted by atomic mass is 10.2. The molecule has 0 aromatic carbocycles. The van der Waals surface area contributed by atoms with Gasteiger partial charge in [-0.1, -0.05) is 6.07 Å². The fourth-order valence-corrected chi connectivity index (χ4v) is 2.82. The summed E-state index contributed by atoms with van der Waals surface area (Å²) in [5, 5.41) is 5.05. The molecule has 1 fully saturated rings. The SMILES string of the molecule is C[C@@H](CN1CCOCC1)NC(=O)Cc1cccs1. The van der Waals surface area contributed by atoms with Crippen LogP contribution in [0.1, 0.15) is 11.8 Å². The first-order valence-electron chi connectivity index (χ1n) is 6.36. The fraction of sp³-hybridized carbons (Fsp3) is 0.615. The van der Waals surface area contributed by atoms with E-state index in [1.807, 2.05) is 17.5 Å². The number of hydrogen-bond acceptors (Lipinski definition) is 4. The summed E-state index contributed by atoms with van der Waals surface area (Å²) >= 11 is 1.63. The molecule has 1 aliphatic heterocycles. The standard InChI is InChI=1S/C13H20N2O2S/c1-11(10-15-4-6-17-7-5-15)14-13(16)9-12-3-2-8-18-12/h2-3,8,11H,4-7,9-10H2,1H3,(H,14,16)/t11-/m0/s1. The Bertz CT molecular complexity index is 361. The number of carbonyl (C=O) groups excluding carboxylic acids is 1. The van der Waals surface area contributed by atoms with E-state index in [1.165, 1.54) is 0 Å². The molecule has 1 aromatic rings. The van der Waals surface area contributed by atoms with Crippen LogP contribution in [0.25, 0.3) is 0 Å². The van der Waals surface area contributed by atoms with Crippen LogP contribution in [-0.4, -0.2) is 49.7 Å². The molecule has 2 rings (SSSR count). The Morgan fingerprint density at radius 1 is 1.56 bits per heavy atom. The van der Waals surface area contributed by atoms with Gasteiger partial charge in [0.05, 0.1) is 19.6 Å². The molecule has 0 radical (unpaired) electrons. The zero-order valence-electron chi connectivity index (χ0n) is 10.7. The van der Waals surface area contributed by atoms with Crippen molar-refractivity contribution in [3.63, 3.8) is 0 Å². The molecule has 2 heterocycles. The number of thiophene rings is 1. The monoisotopic (exact) mass is 268 g/mol. The molecule has 1 aliphatic rings. The Kier molecular flexibility index (Phi) is 5.16. The van der Waals surface area contributed by atoms with E-state index in [0.29, 0.717) is 6.42 Å². The topological polar surface area (TPSA) is 41.6 Å². The maximum absolute atomic E-state index is 11.8. The summed E-state index contributed by atoms with van der Waals surface area (Å²) < 4.78 is 5.30. The number of hydrogen-bond donors (Lipinski definition) is 1. The van der Waals surface area contributed by atoms with Crippen molar-refractivity contribution < 1.29 is 9.53 Å². The number of nitrogens with one attached hydrogen (secondary N) is 1. The van der Waals surface area contributed by atoms with Crippen LogP contribution in [0.5, 0.6) is 0 Å². The molecule has 4 nitrogen and oxygen atoms in total. The van der Waals surface area contributed by atoms with E-state index in [4.69, 9.17) is 4.74 Å². The van der Waals surface area contributed by atoms with Gasteiger partial charge >= 0.3 is 0 Å². The maximum Gasteiger partial charge on any atom is 0.225 e. The van der Waals surface area contributed by atoms with Gasteiger partial charge in [0.2, 0.25) is 5.91 Å². The summed E-state index contributed by atoms with van der Waals surface area (Å²) in [7, 11) is 0. The van der Waals surface area contributed by atoms with Crippen molar-refractivity contribution in [2.45, 2.75) is 19.4 Å². The molecule has 0 aliphatic carbocycles. The molecule has 18 heavy (non-hydrogen) atoms. The third-order valence-electron chi connectivity index (χ3n) is 2.96. The van der Waals surface area contributed by atoms with Crippen molar-refractivity contribution in [3.8, 4) is 0 Å². The van der Waals surface area contributed by atoms with Crippen molar-refractivity contribution in [1.29, 1.82) is 0 Å². The number of nitrogens with zero attached hydrogens (tertiary/aromatic N) is 1. The minimum atomic E-state index is 0.109. The van der Waals surface area contributed by atoms with Gasteiger partial charge in [-0.3, -0.25) is 9.69 Å². The summed E-state index contributed by atoms with van der Waals surface area (Å²) in [5.74, 6) is 0.109. The van der Waals surface area contributed by atoms with E-state index in [0.717, 1.165) is 37.7 Å². The Morgan fingerprint density at radius 2 is 2.33 bits per heavy atom. The molecule has 5 heteroatoms.